The minimum Gasteiger partial charge on any atom is -0.333 e. The van der Waals surface area contributed by atoms with E-state index in [1.54, 1.807) is 16.8 Å². The van der Waals surface area contributed by atoms with E-state index >= 15 is 0 Å². The first-order valence-electron chi connectivity index (χ1n) is 10.0. The number of piperazine rings is 1. The van der Waals surface area contributed by atoms with E-state index in [0.29, 0.717) is 31.3 Å². The van der Waals surface area contributed by atoms with Crippen molar-refractivity contribution in [1.82, 2.24) is 9.80 Å². The van der Waals surface area contributed by atoms with Gasteiger partial charge in [-0.3, -0.25) is 9.69 Å². The first-order chi connectivity index (χ1) is 14.4. The number of hydrogen-bond donors (Lipinski definition) is 1. The summed E-state index contributed by atoms with van der Waals surface area (Å²) in [5.41, 5.74) is 1.69. The van der Waals surface area contributed by atoms with Crippen LogP contribution >= 0.6 is 11.9 Å². The Balaban J connectivity index is 1.58. The zero-order valence-corrected chi connectivity index (χ0v) is 17.9. The summed E-state index contributed by atoms with van der Waals surface area (Å²) in [6.07, 6.45) is 1.08. The predicted octanol–water partition coefficient (Wildman–Crippen LogP) is 4.92. The fraction of sp³-hybridized carbons (Fsp3) is 0.409. The number of anilines is 1. The van der Waals surface area contributed by atoms with Crippen molar-refractivity contribution in [3.63, 3.8) is 0 Å². The summed E-state index contributed by atoms with van der Waals surface area (Å²) in [6.45, 7) is 5.76. The molecule has 0 spiro atoms. The zero-order valence-electron chi connectivity index (χ0n) is 17.1. The highest BCUT2D eigenvalue weighted by atomic mass is 32.2. The van der Waals surface area contributed by atoms with Crippen molar-refractivity contribution in [2.24, 2.45) is 0 Å². The fourth-order valence-corrected chi connectivity index (χ4v) is 4.10. The lowest BCUT2D eigenvalue weighted by Gasteiger charge is -2.40. The normalized spacial score (nSPS) is 17.2. The van der Waals surface area contributed by atoms with Crippen LogP contribution in [0.25, 0.3) is 0 Å². The van der Waals surface area contributed by atoms with Gasteiger partial charge in [-0.15, -0.1) is 0 Å². The van der Waals surface area contributed by atoms with Crippen LogP contribution in [0.2, 0.25) is 0 Å². The summed E-state index contributed by atoms with van der Waals surface area (Å²) in [5.74, 6) is -2.04. The van der Waals surface area contributed by atoms with Crippen LogP contribution in [-0.4, -0.2) is 47.1 Å². The maximum atomic E-state index is 13.9. The minimum atomic E-state index is -1.19. The third kappa shape index (κ3) is 5.49. The molecule has 1 amide bonds. The van der Waals surface area contributed by atoms with Gasteiger partial charge >= 0.3 is 0 Å². The number of nitrogens with zero attached hydrogens (tertiary/aromatic N) is 2. The van der Waals surface area contributed by atoms with Gasteiger partial charge in [0, 0.05) is 60.9 Å². The van der Waals surface area contributed by atoms with E-state index in [0.717, 1.165) is 23.9 Å². The molecule has 30 heavy (non-hydrogen) atoms. The SMILES string of the molecule is CCCSNc1ccc(C(=O)N2CCN(Cc3cc(F)c(F)cc3F)CC2C)cc1. The van der Waals surface area contributed by atoms with E-state index in [1.807, 2.05) is 36.1 Å². The highest BCUT2D eigenvalue weighted by molar-refractivity contribution is 8.00. The van der Waals surface area contributed by atoms with Crippen molar-refractivity contribution in [1.29, 1.82) is 0 Å². The molecule has 1 unspecified atom stereocenters. The molecule has 2 aromatic rings. The lowest BCUT2D eigenvalue weighted by atomic mass is 10.1. The van der Waals surface area contributed by atoms with Crippen LogP contribution in [0, 0.1) is 17.5 Å². The maximum absolute atomic E-state index is 13.9. The summed E-state index contributed by atoms with van der Waals surface area (Å²) in [6, 6.07) is 8.80. The number of carbonyl (C=O) groups is 1. The van der Waals surface area contributed by atoms with Crippen LogP contribution in [0.15, 0.2) is 36.4 Å². The number of carbonyl (C=O) groups excluding carboxylic acids is 1. The molecule has 1 fully saturated rings. The van der Waals surface area contributed by atoms with E-state index in [9.17, 15) is 18.0 Å². The second-order valence-electron chi connectivity index (χ2n) is 7.47. The van der Waals surface area contributed by atoms with E-state index in [2.05, 4.69) is 11.6 Å². The second-order valence-corrected chi connectivity index (χ2v) is 8.37. The third-order valence-electron chi connectivity index (χ3n) is 5.08. The molecule has 0 radical (unpaired) electrons. The Morgan fingerprint density at radius 2 is 1.80 bits per heavy atom. The standard InChI is InChI=1S/C22H26F3N3OS/c1-3-10-30-26-18-6-4-16(5-7-18)22(29)28-9-8-27(13-15(28)2)14-17-11-20(24)21(25)12-19(17)23/h4-7,11-12,15,26H,3,8-10,13-14H2,1-2H3. The van der Waals surface area contributed by atoms with Gasteiger partial charge in [-0.2, -0.15) is 0 Å². The molecule has 1 aliphatic rings. The number of benzene rings is 2. The molecule has 0 bridgehead atoms. The lowest BCUT2D eigenvalue weighted by molar-refractivity contribution is 0.0473. The van der Waals surface area contributed by atoms with Crippen molar-refractivity contribution in [2.45, 2.75) is 32.9 Å². The Morgan fingerprint density at radius 1 is 1.10 bits per heavy atom. The topological polar surface area (TPSA) is 35.6 Å². The monoisotopic (exact) mass is 437 g/mol. The molecule has 8 heteroatoms. The maximum Gasteiger partial charge on any atom is 0.254 e. The van der Waals surface area contributed by atoms with Crippen molar-refractivity contribution < 1.29 is 18.0 Å². The molecule has 1 aliphatic heterocycles. The van der Waals surface area contributed by atoms with Gasteiger partial charge in [0.1, 0.15) is 5.82 Å². The van der Waals surface area contributed by atoms with Gasteiger partial charge in [-0.1, -0.05) is 18.9 Å². The molecule has 1 atom stereocenters. The molecule has 0 saturated carbocycles. The van der Waals surface area contributed by atoms with Crippen molar-refractivity contribution in [3.8, 4) is 0 Å². The predicted molar refractivity (Wildman–Crippen MR) is 115 cm³/mol. The van der Waals surface area contributed by atoms with E-state index < -0.39 is 17.5 Å². The molecule has 2 aromatic carbocycles. The summed E-state index contributed by atoms with van der Waals surface area (Å²) in [5, 5.41) is 0. The van der Waals surface area contributed by atoms with Gasteiger partial charge in [-0.25, -0.2) is 13.2 Å². The Kier molecular flexibility index (Phi) is 7.66. The molecule has 0 aliphatic carbocycles. The number of rotatable bonds is 7. The fourth-order valence-electron chi connectivity index (χ4n) is 3.49. The van der Waals surface area contributed by atoms with Gasteiger partial charge in [0.2, 0.25) is 0 Å². The Morgan fingerprint density at radius 3 is 2.47 bits per heavy atom. The van der Waals surface area contributed by atoms with Crippen molar-refractivity contribution in [3.05, 3.63) is 65.0 Å². The summed E-state index contributed by atoms with van der Waals surface area (Å²) < 4.78 is 43.7. The van der Waals surface area contributed by atoms with Crippen molar-refractivity contribution in [2.75, 3.05) is 30.1 Å². The quantitative estimate of drug-likeness (QED) is 0.379. The highest BCUT2D eigenvalue weighted by Gasteiger charge is 2.28. The first-order valence-corrected chi connectivity index (χ1v) is 11.0. The summed E-state index contributed by atoms with van der Waals surface area (Å²) in [4.78, 5) is 16.7. The Labute approximate surface area is 179 Å². The number of nitrogens with one attached hydrogen (secondary N) is 1. The average Bonchev–Trinajstić information content (AvgIpc) is 2.72. The third-order valence-corrected chi connectivity index (χ3v) is 6.08. The Hall–Kier alpha value is -2.19. The van der Waals surface area contributed by atoms with Gasteiger partial charge in [0.05, 0.1) is 0 Å². The first kappa shape index (κ1) is 22.5. The van der Waals surface area contributed by atoms with Crippen LogP contribution in [-0.2, 0) is 6.54 Å². The Bertz CT molecular complexity index is 879. The molecule has 162 valence electrons. The summed E-state index contributed by atoms with van der Waals surface area (Å²) in [7, 11) is 0. The van der Waals surface area contributed by atoms with Gasteiger partial charge < -0.3 is 9.62 Å². The largest absolute Gasteiger partial charge is 0.333 e. The summed E-state index contributed by atoms with van der Waals surface area (Å²) >= 11 is 1.63. The molecule has 1 saturated heterocycles. The number of hydrogen-bond acceptors (Lipinski definition) is 4. The molecule has 1 N–H and O–H groups in total. The van der Waals surface area contributed by atoms with Gasteiger partial charge in [0.25, 0.3) is 5.91 Å². The van der Waals surface area contributed by atoms with E-state index in [4.69, 9.17) is 0 Å². The van der Waals surface area contributed by atoms with E-state index in [-0.39, 0.29) is 24.1 Å². The molecular formula is C22H26F3N3OS. The molecule has 3 rings (SSSR count). The minimum absolute atomic E-state index is 0.0473. The molecule has 0 aromatic heterocycles. The smallest absolute Gasteiger partial charge is 0.254 e. The zero-order chi connectivity index (χ0) is 21.7. The van der Waals surface area contributed by atoms with Crippen LogP contribution in [0.4, 0.5) is 18.9 Å². The van der Waals surface area contributed by atoms with Gasteiger partial charge in [0.15, 0.2) is 11.6 Å². The van der Waals surface area contributed by atoms with Crippen LogP contribution in [0.5, 0.6) is 0 Å². The van der Waals surface area contributed by atoms with E-state index in [1.165, 1.54) is 0 Å². The van der Waals surface area contributed by atoms with Crippen molar-refractivity contribution >= 4 is 23.5 Å². The average molecular weight is 438 g/mol. The molecular weight excluding hydrogens is 411 g/mol. The number of amides is 1. The van der Waals surface area contributed by atoms with Gasteiger partial charge in [-0.05, 0) is 43.7 Å². The lowest BCUT2D eigenvalue weighted by Crippen LogP contribution is -2.53. The molecule has 1 heterocycles. The van der Waals surface area contributed by atoms with Crippen LogP contribution < -0.4 is 4.72 Å². The highest BCUT2D eigenvalue weighted by Crippen LogP contribution is 2.21. The van der Waals surface area contributed by atoms with Crippen LogP contribution in [0.3, 0.4) is 0 Å². The number of halogens is 3. The molecule has 4 nitrogen and oxygen atoms in total. The second kappa shape index (κ2) is 10.2. The van der Waals surface area contributed by atoms with Crippen LogP contribution in [0.1, 0.15) is 36.2 Å².